The minimum absolute atomic E-state index is 0.00860. The van der Waals surface area contributed by atoms with Gasteiger partial charge in [-0.25, -0.2) is 0 Å². The normalized spacial score (nSPS) is 27.7. The molecule has 1 spiro atoms. The van der Waals surface area contributed by atoms with E-state index < -0.39 is 0 Å². The zero-order chi connectivity index (χ0) is 17.2. The average Bonchev–Trinajstić information content (AvgIpc) is 3.11. The number of ether oxygens (including phenoxy) is 2. The summed E-state index contributed by atoms with van der Waals surface area (Å²) in [5.74, 6) is 0.00860. The van der Waals surface area contributed by atoms with Crippen LogP contribution in [0, 0.1) is 6.92 Å². The van der Waals surface area contributed by atoms with Gasteiger partial charge in [-0.2, -0.15) is 0 Å². The fourth-order valence-electron chi connectivity index (χ4n) is 3.63. The maximum Gasteiger partial charge on any atom is 0.248 e. The van der Waals surface area contributed by atoms with Crippen LogP contribution in [-0.4, -0.2) is 67.8 Å². The van der Waals surface area contributed by atoms with E-state index in [1.165, 1.54) is 9.75 Å². The zero-order valence-electron chi connectivity index (χ0n) is 14.9. The van der Waals surface area contributed by atoms with Crippen molar-refractivity contribution in [2.75, 3.05) is 40.4 Å². The van der Waals surface area contributed by atoms with Crippen molar-refractivity contribution in [1.29, 1.82) is 0 Å². The second-order valence-electron chi connectivity index (χ2n) is 7.25. The molecule has 2 saturated heterocycles. The molecule has 0 bridgehead atoms. The van der Waals surface area contributed by atoms with Crippen LogP contribution in [0.3, 0.4) is 0 Å². The summed E-state index contributed by atoms with van der Waals surface area (Å²) >= 11 is 1.88. The van der Waals surface area contributed by atoms with Crippen molar-refractivity contribution in [2.24, 2.45) is 0 Å². The summed E-state index contributed by atoms with van der Waals surface area (Å²) in [6.07, 6.45) is 3.19. The summed E-state index contributed by atoms with van der Waals surface area (Å²) in [6.45, 7) is 6.01. The predicted molar refractivity (Wildman–Crippen MR) is 95.3 cm³/mol. The van der Waals surface area contributed by atoms with Crippen LogP contribution in [0.2, 0.25) is 0 Å². The van der Waals surface area contributed by atoms with E-state index >= 15 is 0 Å². The highest BCUT2D eigenvalue weighted by Gasteiger charge is 2.44. The number of aryl methyl sites for hydroxylation is 1. The lowest BCUT2D eigenvalue weighted by molar-refractivity contribution is -0.135. The summed E-state index contributed by atoms with van der Waals surface area (Å²) < 4.78 is 11.9. The molecule has 1 amide bonds. The molecule has 0 aromatic carbocycles. The van der Waals surface area contributed by atoms with Crippen LogP contribution >= 0.6 is 11.3 Å². The molecule has 2 atom stereocenters. The second kappa shape index (κ2) is 7.52. The molecule has 0 N–H and O–H groups in total. The number of nitrogens with zero attached hydrogens (tertiary/aromatic N) is 2. The van der Waals surface area contributed by atoms with Crippen LogP contribution in [0.25, 0.3) is 0 Å². The SMILES string of the molecule is Cc1ccc(CN2CCC[C@]3(C[C@H](OCC(=O)N(C)C)CO3)C2)s1. The molecule has 1 aromatic heterocycles. The fraction of sp³-hybridized carbons (Fsp3) is 0.722. The highest BCUT2D eigenvalue weighted by molar-refractivity contribution is 7.11. The van der Waals surface area contributed by atoms with Crippen LogP contribution in [0.4, 0.5) is 0 Å². The lowest BCUT2D eigenvalue weighted by atomic mass is 9.89. The van der Waals surface area contributed by atoms with Gasteiger partial charge in [0.1, 0.15) is 6.61 Å². The Bertz CT molecular complexity index is 574. The van der Waals surface area contributed by atoms with Crippen molar-refractivity contribution in [3.8, 4) is 0 Å². The summed E-state index contributed by atoms with van der Waals surface area (Å²) in [4.78, 5) is 18.5. The van der Waals surface area contributed by atoms with E-state index in [0.717, 1.165) is 38.9 Å². The minimum Gasteiger partial charge on any atom is -0.371 e. The molecule has 5 nitrogen and oxygen atoms in total. The maximum atomic E-state index is 11.7. The Morgan fingerprint density at radius 1 is 1.50 bits per heavy atom. The Balaban J connectivity index is 1.51. The molecule has 6 heteroatoms. The summed E-state index contributed by atoms with van der Waals surface area (Å²) in [7, 11) is 3.51. The second-order valence-corrected chi connectivity index (χ2v) is 8.62. The lowest BCUT2D eigenvalue weighted by Gasteiger charge is -2.39. The van der Waals surface area contributed by atoms with Gasteiger partial charge in [0.2, 0.25) is 5.91 Å². The van der Waals surface area contributed by atoms with Crippen molar-refractivity contribution in [3.05, 3.63) is 21.9 Å². The Morgan fingerprint density at radius 2 is 2.33 bits per heavy atom. The number of carbonyl (C=O) groups is 1. The van der Waals surface area contributed by atoms with E-state index in [1.807, 2.05) is 11.3 Å². The van der Waals surface area contributed by atoms with Gasteiger partial charge in [-0.3, -0.25) is 9.69 Å². The summed E-state index contributed by atoms with van der Waals surface area (Å²) in [6, 6.07) is 4.42. The van der Waals surface area contributed by atoms with E-state index in [0.29, 0.717) is 6.61 Å². The molecule has 3 rings (SSSR count). The molecule has 0 aliphatic carbocycles. The molecule has 3 heterocycles. The molecule has 2 aliphatic heterocycles. The van der Waals surface area contributed by atoms with Crippen LogP contribution in [-0.2, 0) is 20.8 Å². The van der Waals surface area contributed by atoms with E-state index in [9.17, 15) is 4.79 Å². The Labute approximate surface area is 148 Å². The van der Waals surface area contributed by atoms with E-state index in [2.05, 4.69) is 24.0 Å². The summed E-state index contributed by atoms with van der Waals surface area (Å²) in [5, 5.41) is 0. The molecule has 1 aromatic rings. The first-order valence-corrected chi connectivity index (χ1v) is 9.51. The van der Waals surface area contributed by atoms with E-state index in [1.54, 1.807) is 19.0 Å². The van der Waals surface area contributed by atoms with Gasteiger partial charge in [0.15, 0.2) is 0 Å². The third-order valence-electron chi connectivity index (χ3n) is 4.91. The van der Waals surface area contributed by atoms with Gasteiger partial charge >= 0.3 is 0 Å². The molecule has 134 valence electrons. The van der Waals surface area contributed by atoms with E-state index in [-0.39, 0.29) is 24.2 Å². The monoisotopic (exact) mass is 352 g/mol. The van der Waals surface area contributed by atoms with Crippen LogP contribution in [0.15, 0.2) is 12.1 Å². The number of hydrogen-bond acceptors (Lipinski definition) is 5. The smallest absolute Gasteiger partial charge is 0.248 e. The highest BCUT2D eigenvalue weighted by Crippen LogP contribution is 2.36. The number of carbonyl (C=O) groups excluding carboxylic acids is 1. The van der Waals surface area contributed by atoms with E-state index in [4.69, 9.17) is 9.47 Å². The van der Waals surface area contributed by atoms with Gasteiger partial charge in [0.25, 0.3) is 0 Å². The third kappa shape index (κ3) is 4.36. The number of amides is 1. The van der Waals surface area contributed by atoms with Gasteiger partial charge in [-0.15, -0.1) is 11.3 Å². The minimum atomic E-state index is -0.0869. The Kier molecular flexibility index (Phi) is 5.59. The summed E-state index contributed by atoms with van der Waals surface area (Å²) in [5.41, 5.74) is -0.0869. The quantitative estimate of drug-likeness (QED) is 0.815. The molecular formula is C18H28N2O3S. The van der Waals surface area contributed by atoms with Crippen molar-refractivity contribution in [3.63, 3.8) is 0 Å². The molecule has 0 unspecified atom stereocenters. The van der Waals surface area contributed by atoms with Gasteiger partial charge in [0, 0.05) is 43.4 Å². The van der Waals surface area contributed by atoms with Gasteiger partial charge < -0.3 is 14.4 Å². The Morgan fingerprint density at radius 3 is 3.04 bits per heavy atom. The van der Waals surface area contributed by atoms with Gasteiger partial charge in [0.05, 0.1) is 18.3 Å². The zero-order valence-corrected chi connectivity index (χ0v) is 15.7. The molecule has 0 radical (unpaired) electrons. The first-order valence-electron chi connectivity index (χ1n) is 8.69. The Hall–Kier alpha value is -0.950. The number of hydrogen-bond donors (Lipinski definition) is 0. The van der Waals surface area contributed by atoms with Crippen molar-refractivity contribution >= 4 is 17.2 Å². The van der Waals surface area contributed by atoms with Gasteiger partial charge in [-0.05, 0) is 38.4 Å². The standard InChI is InChI=1S/C18H28N2O3S/c1-14-5-6-16(24-14)10-20-8-4-7-18(13-20)9-15(11-23-18)22-12-17(21)19(2)3/h5-6,15H,4,7-13H2,1-3H3/t15-,18-/m0/s1. The number of likely N-dealkylation sites (tertiary alicyclic amines) is 1. The molecular weight excluding hydrogens is 324 g/mol. The predicted octanol–water partition coefficient (Wildman–Crippen LogP) is 2.28. The van der Waals surface area contributed by atoms with Crippen molar-refractivity contribution in [1.82, 2.24) is 9.80 Å². The number of thiophene rings is 1. The van der Waals surface area contributed by atoms with Crippen molar-refractivity contribution in [2.45, 2.75) is 44.4 Å². The lowest BCUT2D eigenvalue weighted by Crippen LogP contribution is -2.47. The number of piperidine rings is 1. The fourth-order valence-corrected chi connectivity index (χ4v) is 4.56. The van der Waals surface area contributed by atoms with Gasteiger partial charge in [-0.1, -0.05) is 0 Å². The maximum absolute atomic E-state index is 11.7. The molecule has 2 aliphatic rings. The topological polar surface area (TPSA) is 42.0 Å². The first-order chi connectivity index (χ1) is 11.5. The molecule has 24 heavy (non-hydrogen) atoms. The van der Waals surface area contributed by atoms with Crippen molar-refractivity contribution < 1.29 is 14.3 Å². The van der Waals surface area contributed by atoms with Crippen LogP contribution < -0.4 is 0 Å². The van der Waals surface area contributed by atoms with Crippen LogP contribution in [0.1, 0.15) is 29.0 Å². The number of likely N-dealkylation sites (N-methyl/N-ethyl adjacent to an activating group) is 1. The number of rotatable bonds is 5. The molecule has 0 saturated carbocycles. The first kappa shape index (κ1) is 17.9. The highest BCUT2D eigenvalue weighted by atomic mass is 32.1. The molecule has 2 fully saturated rings. The average molecular weight is 353 g/mol. The van der Waals surface area contributed by atoms with Crippen LogP contribution in [0.5, 0.6) is 0 Å². The third-order valence-corrected chi connectivity index (χ3v) is 5.90. The largest absolute Gasteiger partial charge is 0.371 e.